The Morgan fingerprint density at radius 3 is 2.75 bits per heavy atom. The highest BCUT2D eigenvalue weighted by atomic mass is 32.2. The van der Waals surface area contributed by atoms with E-state index in [2.05, 4.69) is 11.9 Å². The van der Waals surface area contributed by atoms with Crippen LogP contribution in [-0.4, -0.2) is 31.1 Å². The smallest absolute Gasteiger partial charge is 0.269 e. The topological polar surface area (TPSA) is 63.9 Å². The molecule has 1 amide bonds. The average Bonchev–Trinajstić information content (AvgIpc) is 3.02. The summed E-state index contributed by atoms with van der Waals surface area (Å²) in [5.41, 5.74) is 2.28. The molecule has 0 saturated carbocycles. The lowest BCUT2D eigenvalue weighted by Gasteiger charge is -2.13. The minimum absolute atomic E-state index is 0.161. The van der Waals surface area contributed by atoms with Crippen molar-refractivity contribution in [2.75, 3.05) is 6.54 Å². The summed E-state index contributed by atoms with van der Waals surface area (Å²) in [5.74, 6) is 0.539. The number of carbonyl (C=O) groups excluding carboxylic acids is 1. The third-order valence-electron chi connectivity index (χ3n) is 5.14. The fourth-order valence-corrected chi connectivity index (χ4v) is 4.71. The van der Waals surface area contributed by atoms with E-state index in [1.54, 1.807) is 23.2 Å². The molecule has 0 aliphatic carbocycles. The first-order valence-electron chi connectivity index (χ1n) is 10.4. The van der Waals surface area contributed by atoms with Crippen molar-refractivity contribution in [2.24, 2.45) is 0 Å². The van der Waals surface area contributed by atoms with E-state index in [9.17, 15) is 9.59 Å². The van der Waals surface area contributed by atoms with E-state index in [1.807, 2.05) is 44.2 Å². The standard InChI is InChI=1S/C24H23N3O3S2/c1-4-5-11-27-23(29)19(32-24(27)31)14-18-21(30-17-10-6-8-15(2)13-17)25-20-16(3)9-7-12-26(20)22(18)28/h6-10,12-14H,4-5,11H2,1-3H3/b19-14+. The SMILES string of the molecule is CCCCN1C(=O)/C(=C\c2c(Oc3cccc(C)c3)nc3c(C)cccn3c2=O)SC1=S. The number of benzene rings is 1. The Kier molecular flexibility index (Phi) is 6.43. The van der Waals surface area contributed by atoms with Gasteiger partial charge in [-0.25, -0.2) is 0 Å². The van der Waals surface area contributed by atoms with Crippen molar-refractivity contribution >= 4 is 45.9 Å². The molecule has 2 aromatic heterocycles. The normalized spacial score (nSPS) is 15.2. The molecule has 3 aromatic rings. The largest absolute Gasteiger partial charge is 0.438 e. The van der Waals surface area contributed by atoms with E-state index in [0.717, 1.165) is 24.0 Å². The Bertz CT molecular complexity index is 1310. The number of pyridine rings is 1. The van der Waals surface area contributed by atoms with Gasteiger partial charge in [0.15, 0.2) is 0 Å². The monoisotopic (exact) mass is 465 g/mol. The van der Waals surface area contributed by atoms with Crippen LogP contribution >= 0.6 is 24.0 Å². The minimum atomic E-state index is -0.305. The molecule has 0 radical (unpaired) electrons. The van der Waals surface area contributed by atoms with Gasteiger partial charge >= 0.3 is 0 Å². The van der Waals surface area contributed by atoms with Crippen LogP contribution in [0.5, 0.6) is 11.6 Å². The summed E-state index contributed by atoms with van der Waals surface area (Å²) in [6.07, 6.45) is 5.04. The molecule has 1 aliphatic rings. The molecule has 0 bridgehead atoms. The lowest BCUT2D eigenvalue weighted by molar-refractivity contribution is -0.122. The number of unbranched alkanes of at least 4 members (excludes halogenated alkanes) is 1. The van der Waals surface area contributed by atoms with Crippen molar-refractivity contribution in [3.05, 3.63) is 74.5 Å². The van der Waals surface area contributed by atoms with Crippen molar-refractivity contribution in [1.29, 1.82) is 0 Å². The minimum Gasteiger partial charge on any atom is -0.438 e. The van der Waals surface area contributed by atoms with Gasteiger partial charge in [0, 0.05) is 12.7 Å². The molecular weight excluding hydrogens is 442 g/mol. The number of hydrogen-bond acceptors (Lipinski definition) is 6. The second-order valence-electron chi connectivity index (χ2n) is 7.63. The van der Waals surface area contributed by atoms with Gasteiger partial charge in [-0.3, -0.25) is 18.9 Å². The molecule has 3 heterocycles. The Balaban J connectivity index is 1.85. The molecular formula is C24H23N3O3S2. The Hall–Kier alpha value is -2.97. The number of ether oxygens (including phenoxy) is 1. The van der Waals surface area contributed by atoms with Crippen LogP contribution in [0.2, 0.25) is 0 Å². The molecule has 8 heteroatoms. The zero-order chi connectivity index (χ0) is 22.8. The number of thioether (sulfide) groups is 1. The fourth-order valence-electron chi connectivity index (χ4n) is 3.42. The first-order chi connectivity index (χ1) is 15.4. The Morgan fingerprint density at radius 2 is 2.00 bits per heavy atom. The lowest BCUT2D eigenvalue weighted by atomic mass is 10.2. The highest BCUT2D eigenvalue weighted by Crippen LogP contribution is 2.34. The van der Waals surface area contributed by atoms with E-state index < -0.39 is 0 Å². The molecule has 164 valence electrons. The molecule has 1 aliphatic heterocycles. The molecule has 1 saturated heterocycles. The van der Waals surface area contributed by atoms with Crippen LogP contribution in [0.1, 0.15) is 36.5 Å². The highest BCUT2D eigenvalue weighted by molar-refractivity contribution is 8.26. The van der Waals surface area contributed by atoms with Gasteiger partial charge in [0.05, 0.1) is 4.91 Å². The van der Waals surface area contributed by atoms with Crippen LogP contribution in [-0.2, 0) is 4.79 Å². The van der Waals surface area contributed by atoms with Crippen molar-refractivity contribution in [1.82, 2.24) is 14.3 Å². The van der Waals surface area contributed by atoms with E-state index in [1.165, 1.54) is 16.2 Å². The van der Waals surface area contributed by atoms with Gasteiger partial charge in [-0.15, -0.1) is 0 Å². The molecule has 0 atom stereocenters. The zero-order valence-corrected chi connectivity index (χ0v) is 19.8. The summed E-state index contributed by atoms with van der Waals surface area (Å²) in [5, 5.41) is 0. The quantitative estimate of drug-likeness (QED) is 0.373. The van der Waals surface area contributed by atoms with E-state index >= 15 is 0 Å². The van der Waals surface area contributed by atoms with E-state index in [-0.39, 0.29) is 22.9 Å². The van der Waals surface area contributed by atoms with Gasteiger partial charge < -0.3 is 4.74 Å². The summed E-state index contributed by atoms with van der Waals surface area (Å²) >= 11 is 6.60. The summed E-state index contributed by atoms with van der Waals surface area (Å²) in [7, 11) is 0. The van der Waals surface area contributed by atoms with Gasteiger partial charge in [0.2, 0.25) is 5.88 Å². The lowest BCUT2D eigenvalue weighted by Crippen LogP contribution is -2.29. The second-order valence-corrected chi connectivity index (χ2v) is 9.30. The summed E-state index contributed by atoms with van der Waals surface area (Å²) in [6, 6.07) is 11.2. The first kappa shape index (κ1) is 22.2. The van der Waals surface area contributed by atoms with Gasteiger partial charge in [-0.05, 0) is 55.7 Å². The number of fused-ring (bicyclic) bond motifs is 1. The molecule has 6 nitrogen and oxygen atoms in total. The highest BCUT2D eigenvalue weighted by Gasteiger charge is 2.32. The maximum Gasteiger partial charge on any atom is 0.269 e. The van der Waals surface area contributed by atoms with Crippen molar-refractivity contribution in [3.63, 3.8) is 0 Å². The predicted octanol–water partition coefficient (Wildman–Crippen LogP) is 5.10. The van der Waals surface area contributed by atoms with E-state index in [4.69, 9.17) is 17.0 Å². The molecule has 0 N–H and O–H groups in total. The van der Waals surface area contributed by atoms with Gasteiger partial charge in [-0.1, -0.05) is 55.5 Å². The number of aryl methyl sites for hydroxylation is 2. The number of rotatable bonds is 6. The molecule has 1 fully saturated rings. The second kappa shape index (κ2) is 9.26. The molecule has 0 spiro atoms. The first-order valence-corrected chi connectivity index (χ1v) is 11.6. The number of carbonyl (C=O) groups is 1. The van der Waals surface area contributed by atoms with Crippen LogP contribution < -0.4 is 10.3 Å². The number of amides is 1. The molecule has 1 aromatic carbocycles. The van der Waals surface area contributed by atoms with Crippen LogP contribution in [0, 0.1) is 13.8 Å². The van der Waals surface area contributed by atoms with Gasteiger partial charge in [-0.2, -0.15) is 4.98 Å². The third kappa shape index (κ3) is 4.33. The number of thiocarbonyl (C=S) groups is 1. The average molecular weight is 466 g/mol. The Labute approximate surface area is 195 Å². The van der Waals surface area contributed by atoms with E-state index in [0.29, 0.717) is 27.2 Å². The molecule has 4 rings (SSSR count). The van der Waals surface area contributed by atoms with Crippen molar-refractivity contribution in [3.8, 4) is 11.6 Å². The van der Waals surface area contributed by atoms with Crippen LogP contribution in [0.25, 0.3) is 11.7 Å². The van der Waals surface area contributed by atoms with Crippen molar-refractivity contribution in [2.45, 2.75) is 33.6 Å². The van der Waals surface area contributed by atoms with Gasteiger partial charge in [0.25, 0.3) is 11.5 Å². The van der Waals surface area contributed by atoms with Crippen LogP contribution in [0.15, 0.2) is 52.3 Å². The Morgan fingerprint density at radius 1 is 1.19 bits per heavy atom. The summed E-state index contributed by atoms with van der Waals surface area (Å²) in [6.45, 7) is 6.48. The predicted molar refractivity (Wildman–Crippen MR) is 132 cm³/mol. The fraction of sp³-hybridized carbons (Fsp3) is 0.250. The summed E-state index contributed by atoms with van der Waals surface area (Å²) < 4.78 is 8.04. The molecule has 32 heavy (non-hydrogen) atoms. The number of nitrogens with zero attached hydrogens (tertiary/aromatic N) is 3. The van der Waals surface area contributed by atoms with Crippen LogP contribution in [0.3, 0.4) is 0 Å². The number of aromatic nitrogens is 2. The zero-order valence-electron chi connectivity index (χ0n) is 18.1. The summed E-state index contributed by atoms with van der Waals surface area (Å²) in [4.78, 5) is 33.0. The number of hydrogen-bond donors (Lipinski definition) is 0. The molecule has 0 unspecified atom stereocenters. The van der Waals surface area contributed by atoms with Crippen LogP contribution in [0.4, 0.5) is 0 Å². The third-order valence-corrected chi connectivity index (χ3v) is 6.52. The van der Waals surface area contributed by atoms with Gasteiger partial charge in [0.1, 0.15) is 21.3 Å². The maximum atomic E-state index is 13.4. The van der Waals surface area contributed by atoms with Crippen molar-refractivity contribution < 1.29 is 9.53 Å². The maximum absolute atomic E-state index is 13.4.